The van der Waals surface area contributed by atoms with Gasteiger partial charge in [0.1, 0.15) is 6.10 Å². The molecule has 1 aromatic rings. The Labute approximate surface area is 123 Å². The van der Waals surface area contributed by atoms with Gasteiger partial charge in [-0.15, -0.1) is 0 Å². The van der Waals surface area contributed by atoms with E-state index in [1.54, 1.807) is 0 Å². The molecule has 0 aromatic carbocycles. The largest absolute Gasteiger partial charge is 0.458 e. The number of piperidine rings is 1. The SMILES string of the molecule is O=C(CC1CC1)N1CCCC(Oc2ncc(Cl)cn2)C1. The van der Waals surface area contributed by atoms with Crippen LogP contribution in [0.2, 0.25) is 5.02 Å². The topological polar surface area (TPSA) is 55.3 Å². The molecule has 3 rings (SSSR count). The van der Waals surface area contributed by atoms with E-state index in [0.29, 0.717) is 29.9 Å². The second-order valence-electron chi connectivity index (χ2n) is 5.55. The lowest BCUT2D eigenvalue weighted by molar-refractivity contribution is -0.134. The number of carbonyl (C=O) groups is 1. The Kier molecular flexibility index (Phi) is 4.05. The first-order valence-electron chi connectivity index (χ1n) is 7.12. The molecule has 2 aliphatic rings. The van der Waals surface area contributed by atoms with Crippen LogP contribution in [-0.2, 0) is 4.79 Å². The zero-order valence-electron chi connectivity index (χ0n) is 11.3. The molecular formula is C14H18ClN3O2. The number of nitrogens with zero attached hydrogens (tertiary/aromatic N) is 3. The fourth-order valence-electron chi connectivity index (χ4n) is 2.47. The normalized spacial score (nSPS) is 22.6. The second kappa shape index (κ2) is 5.95. The number of amides is 1. The van der Waals surface area contributed by atoms with E-state index in [0.717, 1.165) is 19.4 Å². The van der Waals surface area contributed by atoms with Crippen molar-refractivity contribution in [1.82, 2.24) is 14.9 Å². The summed E-state index contributed by atoms with van der Waals surface area (Å²) in [6.07, 6.45) is 8.02. The van der Waals surface area contributed by atoms with E-state index in [2.05, 4.69) is 9.97 Å². The average molecular weight is 296 g/mol. The van der Waals surface area contributed by atoms with E-state index < -0.39 is 0 Å². The van der Waals surface area contributed by atoms with Gasteiger partial charge in [-0.25, -0.2) is 9.97 Å². The van der Waals surface area contributed by atoms with Crippen molar-refractivity contribution in [3.8, 4) is 6.01 Å². The Hall–Kier alpha value is -1.36. The van der Waals surface area contributed by atoms with Gasteiger partial charge < -0.3 is 9.64 Å². The smallest absolute Gasteiger partial charge is 0.316 e. The molecule has 1 aliphatic carbocycles. The van der Waals surface area contributed by atoms with Crippen molar-refractivity contribution in [2.75, 3.05) is 13.1 Å². The van der Waals surface area contributed by atoms with Crippen LogP contribution in [0.4, 0.5) is 0 Å². The molecular weight excluding hydrogens is 278 g/mol. The molecule has 0 bridgehead atoms. The monoisotopic (exact) mass is 295 g/mol. The highest BCUT2D eigenvalue weighted by Crippen LogP contribution is 2.33. The van der Waals surface area contributed by atoms with Gasteiger partial charge in [0.15, 0.2) is 0 Å². The van der Waals surface area contributed by atoms with E-state index in [4.69, 9.17) is 16.3 Å². The number of carbonyl (C=O) groups excluding carboxylic acids is 1. The van der Waals surface area contributed by atoms with Gasteiger partial charge in [0, 0.05) is 13.0 Å². The Balaban J connectivity index is 1.54. The van der Waals surface area contributed by atoms with E-state index >= 15 is 0 Å². The lowest BCUT2D eigenvalue weighted by Gasteiger charge is -2.32. The van der Waals surface area contributed by atoms with Crippen molar-refractivity contribution in [3.63, 3.8) is 0 Å². The van der Waals surface area contributed by atoms with Crippen LogP contribution < -0.4 is 4.74 Å². The molecule has 1 atom stereocenters. The van der Waals surface area contributed by atoms with Gasteiger partial charge in [-0.3, -0.25) is 4.79 Å². The predicted molar refractivity (Wildman–Crippen MR) is 74.6 cm³/mol. The molecule has 20 heavy (non-hydrogen) atoms. The van der Waals surface area contributed by atoms with Gasteiger partial charge in [-0.2, -0.15) is 0 Å². The highest BCUT2D eigenvalue weighted by Gasteiger charge is 2.30. The van der Waals surface area contributed by atoms with E-state index in [-0.39, 0.29) is 12.0 Å². The third kappa shape index (κ3) is 3.60. The molecule has 6 heteroatoms. The first-order valence-corrected chi connectivity index (χ1v) is 7.50. The first kappa shape index (κ1) is 13.6. The standard InChI is InChI=1S/C14H18ClN3O2/c15-11-7-16-14(17-8-11)20-12-2-1-5-18(9-12)13(19)6-10-3-4-10/h7-8,10,12H,1-6,9H2. The highest BCUT2D eigenvalue weighted by molar-refractivity contribution is 6.30. The van der Waals surface area contributed by atoms with Crippen LogP contribution in [0.1, 0.15) is 32.1 Å². The molecule has 1 saturated heterocycles. The molecule has 0 radical (unpaired) electrons. The molecule has 0 N–H and O–H groups in total. The van der Waals surface area contributed by atoms with Gasteiger partial charge in [0.05, 0.1) is 24.0 Å². The number of hydrogen-bond acceptors (Lipinski definition) is 4. The van der Waals surface area contributed by atoms with Crippen molar-refractivity contribution in [2.45, 2.75) is 38.2 Å². The number of aromatic nitrogens is 2. The number of rotatable bonds is 4. The molecule has 0 spiro atoms. The number of halogens is 1. The van der Waals surface area contributed by atoms with Crippen molar-refractivity contribution >= 4 is 17.5 Å². The summed E-state index contributed by atoms with van der Waals surface area (Å²) >= 11 is 5.74. The summed E-state index contributed by atoms with van der Waals surface area (Å²) in [6.45, 7) is 1.48. The van der Waals surface area contributed by atoms with Crippen LogP contribution >= 0.6 is 11.6 Å². The molecule has 1 saturated carbocycles. The summed E-state index contributed by atoms with van der Waals surface area (Å²) in [6, 6.07) is 0.330. The minimum absolute atomic E-state index is 0.0203. The van der Waals surface area contributed by atoms with E-state index in [1.807, 2.05) is 4.90 Å². The van der Waals surface area contributed by atoms with Crippen LogP contribution in [0.15, 0.2) is 12.4 Å². The molecule has 5 nitrogen and oxygen atoms in total. The van der Waals surface area contributed by atoms with Crippen LogP contribution in [0, 0.1) is 5.92 Å². The first-order chi connectivity index (χ1) is 9.70. The van der Waals surface area contributed by atoms with E-state index in [1.165, 1.54) is 25.2 Å². The average Bonchev–Trinajstić information content (AvgIpc) is 3.26. The lowest BCUT2D eigenvalue weighted by atomic mass is 10.1. The maximum Gasteiger partial charge on any atom is 0.316 e. The second-order valence-corrected chi connectivity index (χ2v) is 5.99. The molecule has 108 valence electrons. The fraction of sp³-hybridized carbons (Fsp3) is 0.643. The fourth-order valence-corrected chi connectivity index (χ4v) is 2.57. The highest BCUT2D eigenvalue weighted by atomic mass is 35.5. The third-order valence-corrected chi connectivity index (χ3v) is 3.95. The summed E-state index contributed by atoms with van der Waals surface area (Å²) in [7, 11) is 0. The van der Waals surface area contributed by atoms with Crippen molar-refractivity contribution in [1.29, 1.82) is 0 Å². The lowest BCUT2D eigenvalue weighted by Crippen LogP contribution is -2.44. The zero-order chi connectivity index (χ0) is 13.9. The van der Waals surface area contributed by atoms with Gasteiger partial charge >= 0.3 is 6.01 Å². The van der Waals surface area contributed by atoms with Crippen LogP contribution in [0.5, 0.6) is 6.01 Å². The van der Waals surface area contributed by atoms with Crippen molar-refractivity contribution in [3.05, 3.63) is 17.4 Å². The summed E-state index contributed by atoms with van der Waals surface area (Å²) < 4.78 is 5.74. The predicted octanol–water partition coefficient (Wildman–Crippen LogP) is 2.30. The summed E-state index contributed by atoms with van der Waals surface area (Å²) in [5.74, 6) is 0.890. The summed E-state index contributed by atoms with van der Waals surface area (Å²) in [4.78, 5) is 22.1. The molecule has 2 heterocycles. The van der Waals surface area contributed by atoms with E-state index in [9.17, 15) is 4.79 Å². The van der Waals surface area contributed by atoms with Crippen molar-refractivity contribution < 1.29 is 9.53 Å². The van der Waals surface area contributed by atoms with Crippen molar-refractivity contribution in [2.24, 2.45) is 5.92 Å². The van der Waals surface area contributed by atoms with Crippen LogP contribution in [0.3, 0.4) is 0 Å². The quantitative estimate of drug-likeness (QED) is 0.855. The van der Waals surface area contributed by atoms with Crippen LogP contribution in [0.25, 0.3) is 0 Å². The zero-order valence-corrected chi connectivity index (χ0v) is 12.1. The Morgan fingerprint density at radius 2 is 2.10 bits per heavy atom. The molecule has 2 fully saturated rings. The third-order valence-electron chi connectivity index (χ3n) is 3.76. The Morgan fingerprint density at radius 1 is 1.35 bits per heavy atom. The Bertz CT molecular complexity index is 476. The molecule has 1 amide bonds. The number of likely N-dealkylation sites (tertiary alicyclic amines) is 1. The molecule has 1 unspecified atom stereocenters. The van der Waals surface area contributed by atoms with Gasteiger partial charge in [-0.1, -0.05) is 11.6 Å². The van der Waals surface area contributed by atoms with Gasteiger partial charge in [0.2, 0.25) is 5.91 Å². The summed E-state index contributed by atoms with van der Waals surface area (Å²) in [5, 5.41) is 0.488. The maximum absolute atomic E-state index is 12.1. The minimum Gasteiger partial charge on any atom is -0.458 e. The Morgan fingerprint density at radius 3 is 2.80 bits per heavy atom. The molecule has 1 aliphatic heterocycles. The number of hydrogen-bond donors (Lipinski definition) is 0. The van der Waals surface area contributed by atoms with Gasteiger partial charge in [0.25, 0.3) is 0 Å². The maximum atomic E-state index is 12.1. The number of ether oxygens (including phenoxy) is 1. The van der Waals surface area contributed by atoms with Crippen LogP contribution in [-0.4, -0.2) is 40.0 Å². The summed E-state index contributed by atoms with van der Waals surface area (Å²) in [5.41, 5.74) is 0. The minimum atomic E-state index is -0.0203. The van der Waals surface area contributed by atoms with Gasteiger partial charge in [-0.05, 0) is 31.6 Å². The molecule has 1 aromatic heterocycles.